The summed E-state index contributed by atoms with van der Waals surface area (Å²) in [5, 5.41) is 0.413. The fourth-order valence-corrected chi connectivity index (χ4v) is 4.23. The quantitative estimate of drug-likeness (QED) is 0.702. The molecule has 0 unspecified atom stereocenters. The Kier molecular flexibility index (Phi) is 5.00. The predicted molar refractivity (Wildman–Crippen MR) is 112 cm³/mol. The maximum atomic E-state index is 13.9. The normalized spacial score (nSPS) is 17.3. The van der Waals surface area contributed by atoms with Crippen LogP contribution in [-0.2, 0) is 20.6 Å². The van der Waals surface area contributed by atoms with E-state index in [1.807, 2.05) is 10.6 Å². The lowest BCUT2D eigenvalue weighted by atomic mass is 10.1. The zero-order chi connectivity index (χ0) is 20.9. The second-order valence-electron chi connectivity index (χ2n) is 7.61. The molecular formula is C20H23ClFN5O2. The van der Waals surface area contributed by atoms with Crippen LogP contribution in [-0.4, -0.2) is 32.8 Å². The van der Waals surface area contributed by atoms with Gasteiger partial charge in [-0.05, 0) is 36.6 Å². The number of fused-ring (bicyclic) bond motifs is 1. The molecule has 154 valence electrons. The van der Waals surface area contributed by atoms with Crippen LogP contribution in [0.4, 0.5) is 10.2 Å². The molecule has 0 saturated carbocycles. The van der Waals surface area contributed by atoms with Crippen LogP contribution in [0.25, 0.3) is 11.0 Å². The molecule has 1 aliphatic heterocycles. The SMILES string of the molecule is Cn1c(=O)c2c(cc(N3CCC[C@@H](N)C3)n2Cc2cc(F)ccc2Cl)n(C)c1=O. The Labute approximate surface area is 171 Å². The Bertz CT molecular complexity index is 1210. The van der Waals surface area contributed by atoms with Gasteiger partial charge in [-0.3, -0.25) is 13.9 Å². The summed E-state index contributed by atoms with van der Waals surface area (Å²) in [5.41, 5.74) is 6.84. The van der Waals surface area contributed by atoms with Crippen LogP contribution < -0.4 is 21.9 Å². The standard InChI is InChI=1S/C20H23ClFN5O2/c1-24-16-9-17(26-7-3-4-14(23)11-26)27(18(16)19(28)25(2)20(24)29)10-12-8-13(22)5-6-15(12)21/h5-6,8-9,14H,3-4,7,10-11,23H2,1-2H3/t14-/m1/s1. The van der Waals surface area contributed by atoms with E-state index in [0.29, 0.717) is 28.2 Å². The number of aryl methyl sites for hydroxylation is 1. The van der Waals surface area contributed by atoms with Crippen LogP contribution in [0.3, 0.4) is 0 Å². The van der Waals surface area contributed by atoms with Gasteiger partial charge in [-0.1, -0.05) is 11.6 Å². The number of aromatic nitrogens is 3. The third kappa shape index (κ3) is 3.36. The summed E-state index contributed by atoms with van der Waals surface area (Å²) < 4.78 is 18.2. The lowest BCUT2D eigenvalue weighted by molar-refractivity contribution is 0.498. The van der Waals surface area contributed by atoms with Crippen molar-refractivity contribution in [3.63, 3.8) is 0 Å². The van der Waals surface area contributed by atoms with Gasteiger partial charge in [0.05, 0.1) is 12.1 Å². The Morgan fingerprint density at radius 2 is 1.97 bits per heavy atom. The molecule has 7 nitrogen and oxygen atoms in total. The van der Waals surface area contributed by atoms with E-state index in [2.05, 4.69) is 4.90 Å². The van der Waals surface area contributed by atoms with Gasteiger partial charge >= 0.3 is 5.69 Å². The first-order valence-corrected chi connectivity index (χ1v) is 9.89. The first-order chi connectivity index (χ1) is 13.8. The number of hydrogen-bond donors (Lipinski definition) is 1. The van der Waals surface area contributed by atoms with Gasteiger partial charge in [0.2, 0.25) is 0 Å². The van der Waals surface area contributed by atoms with Crippen molar-refractivity contribution in [1.29, 1.82) is 0 Å². The Hall–Kier alpha value is -2.58. The Morgan fingerprint density at radius 1 is 1.21 bits per heavy atom. The van der Waals surface area contributed by atoms with Crippen LogP contribution in [0, 0.1) is 5.82 Å². The molecule has 1 aromatic carbocycles. The number of benzene rings is 1. The molecule has 1 saturated heterocycles. The van der Waals surface area contributed by atoms with Crippen molar-refractivity contribution in [2.45, 2.75) is 25.4 Å². The number of nitrogens with zero attached hydrogens (tertiary/aromatic N) is 4. The summed E-state index contributed by atoms with van der Waals surface area (Å²) >= 11 is 6.30. The molecule has 1 aliphatic rings. The summed E-state index contributed by atoms with van der Waals surface area (Å²) in [5.74, 6) is 0.372. The Balaban J connectivity index is 1.98. The largest absolute Gasteiger partial charge is 0.356 e. The van der Waals surface area contributed by atoms with Gasteiger partial charge in [-0.15, -0.1) is 0 Å². The van der Waals surface area contributed by atoms with Crippen molar-refractivity contribution in [1.82, 2.24) is 13.7 Å². The monoisotopic (exact) mass is 419 g/mol. The van der Waals surface area contributed by atoms with Crippen LogP contribution in [0.1, 0.15) is 18.4 Å². The molecule has 29 heavy (non-hydrogen) atoms. The summed E-state index contributed by atoms with van der Waals surface area (Å²) in [4.78, 5) is 27.5. The molecule has 3 aromatic rings. The smallest absolute Gasteiger partial charge is 0.331 e. The van der Waals surface area contributed by atoms with Gasteiger partial charge in [0.25, 0.3) is 5.56 Å². The van der Waals surface area contributed by atoms with Crippen LogP contribution >= 0.6 is 11.6 Å². The molecule has 2 aromatic heterocycles. The highest BCUT2D eigenvalue weighted by Crippen LogP contribution is 2.29. The van der Waals surface area contributed by atoms with E-state index in [9.17, 15) is 14.0 Å². The van der Waals surface area contributed by atoms with Crippen molar-refractivity contribution >= 4 is 28.5 Å². The highest BCUT2D eigenvalue weighted by atomic mass is 35.5. The first-order valence-electron chi connectivity index (χ1n) is 9.51. The van der Waals surface area contributed by atoms with E-state index in [1.165, 1.54) is 29.8 Å². The van der Waals surface area contributed by atoms with Crippen molar-refractivity contribution in [2.24, 2.45) is 19.8 Å². The van der Waals surface area contributed by atoms with Crippen molar-refractivity contribution < 1.29 is 4.39 Å². The number of anilines is 1. The summed E-state index contributed by atoms with van der Waals surface area (Å²) in [6, 6.07) is 6.03. The van der Waals surface area contributed by atoms with Crippen LogP contribution in [0.15, 0.2) is 33.9 Å². The molecule has 0 bridgehead atoms. The van der Waals surface area contributed by atoms with Crippen LogP contribution in [0.2, 0.25) is 5.02 Å². The highest BCUT2D eigenvalue weighted by molar-refractivity contribution is 6.31. The van der Waals surface area contributed by atoms with E-state index in [4.69, 9.17) is 17.3 Å². The number of hydrogen-bond acceptors (Lipinski definition) is 4. The molecule has 0 radical (unpaired) electrons. The molecule has 0 amide bonds. The van der Waals surface area contributed by atoms with Crippen molar-refractivity contribution in [2.75, 3.05) is 18.0 Å². The lowest BCUT2D eigenvalue weighted by Gasteiger charge is -2.33. The van der Waals surface area contributed by atoms with Crippen molar-refractivity contribution in [3.8, 4) is 0 Å². The molecule has 1 fully saturated rings. The number of rotatable bonds is 3. The van der Waals surface area contributed by atoms with Crippen LogP contribution in [0.5, 0.6) is 0 Å². The summed E-state index contributed by atoms with van der Waals surface area (Å²) in [6.45, 7) is 1.63. The number of nitrogens with two attached hydrogens (primary N) is 1. The minimum absolute atomic E-state index is 0.0274. The van der Waals surface area contributed by atoms with Gasteiger partial charge in [0.15, 0.2) is 0 Å². The topological polar surface area (TPSA) is 78.2 Å². The molecule has 2 N–H and O–H groups in total. The third-order valence-corrected chi connectivity index (χ3v) is 5.98. The maximum Gasteiger partial charge on any atom is 0.331 e. The lowest BCUT2D eigenvalue weighted by Crippen LogP contribution is -2.43. The summed E-state index contributed by atoms with van der Waals surface area (Å²) in [7, 11) is 3.09. The van der Waals surface area contributed by atoms with Crippen molar-refractivity contribution in [3.05, 3.63) is 61.5 Å². The highest BCUT2D eigenvalue weighted by Gasteiger charge is 2.24. The van der Waals surface area contributed by atoms with E-state index < -0.39 is 17.1 Å². The van der Waals surface area contributed by atoms with Gasteiger partial charge in [-0.25, -0.2) is 9.18 Å². The van der Waals surface area contributed by atoms with Gasteiger partial charge in [0, 0.05) is 44.3 Å². The second-order valence-corrected chi connectivity index (χ2v) is 8.02. The molecule has 9 heteroatoms. The zero-order valence-electron chi connectivity index (χ0n) is 16.4. The molecule has 0 aliphatic carbocycles. The molecular weight excluding hydrogens is 397 g/mol. The molecule has 1 atom stereocenters. The van der Waals surface area contributed by atoms with Gasteiger partial charge in [-0.2, -0.15) is 0 Å². The van der Waals surface area contributed by atoms with E-state index in [1.54, 1.807) is 7.05 Å². The molecule has 0 spiro atoms. The van der Waals surface area contributed by atoms with Gasteiger partial charge in [0.1, 0.15) is 17.2 Å². The fourth-order valence-electron chi connectivity index (χ4n) is 4.05. The maximum absolute atomic E-state index is 13.9. The zero-order valence-corrected chi connectivity index (χ0v) is 17.1. The third-order valence-electron chi connectivity index (χ3n) is 5.62. The Morgan fingerprint density at radius 3 is 2.69 bits per heavy atom. The molecule has 3 heterocycles. The van der Waals surface area contributed by atoms with Gasteiger partial charge < -0.3 is 15.2 Å². The molecule has 4 rings (SSSR count). The first kappa shape index (κ1) is 19.7. The second kappa shape index (κ2) is 7.35. The van der Waals surface area contributed by atoms with E-state index in [0.717, 1.165) is 29.8 Å². The summed E-state index contributed by atoms with van der Waals surface area (Å²) in [6.07, 6.45) is 1.87. The minimum atomic E-state index is -0.400. The van der Waals surface area contributed by atoms with E-state index in [-0.39, 0.29) is 12.6 Å². The number of halogens is 2. The minimum Gasteiger partial charge on any atom is -0.356 e. The average Bonchev–Trinajstić information content (AvgIpc) is 3.07. The fraction of sp³-hybridized carbons (Fsp3) is 0.400. The van der Waals surface area contributed by atoms with E-state index >= 15 is 0 Å². The predicted octanol–water partition coefficient (Wildman–Crippen LogP) is 1.81. The number of piperidine rings is 1. The average molecular weight is 420 g/mol.